The standard InChI is InChI=1S/C11H12F2N4O/c12-8-2-1-7(5-9(8)13)11-10(6-14)15-16-17(11)3-4-18/h1-2,5,18H,3-4,6,14H2. The number of halogens is 2. The van der Waals surface area contributed by atoms with Crippen molar-refractivity contribution in [3.05, 3.63) is 35.5 Å². The van der Waals surface area contributed by atoms with E-state index in [9.17, 15) is 8.78 Å². The normalized spacial score (nSPS) is 10.9. The van der Waals surface area contributed by atoms with Gasteiger partial charge in [0.1, 0.15) is 5.69 Å². The molecular formula is C11H12F2N4O. The minimum Gasteiger partial charge on any atom is -0.394 e. The first-order chi connectivity index (χ1) is 8.67. The van der Waals surface area contributed by atoms with Crippen LogP contribution in [0, 0.1) is 11.6 Å². The molecule has 1 heterocycles. The molecule has 0 bridgehead atoms. The maximum atomic E-state index is 13.2. The third-order valence-corrected chi connectivity index (χ3v) is 2.50. The Labute approximate surface area is 102 Å². The smallest absolute Gasteiger partial charge is 0.159 e. The van der Waals surface area contributed by atoms with Crippen LogP contribution in [0.2, 0.25) is 0 Å². The van der Waals surface area contributed by atoms with Crippen LogP contribution >= 0.6 is 0 Å². The van der Waals surface area contributed by atoms with Gasteiger partial charge in [0.15, 0.2) is 11.6 Å². The Bertz CT molecular complexity index is 556. The van der Waals surface area contributed by atoms with Gasteiger partial charge in [-0.2, -0.15) is 0 Å². The Morgan fingerprint density at radius 1 is 1.28 bits per heavy atom. The molecule has 0 atom stereocenters. The summed E-state index contributed by atoms with van der Waals surface area (Å²) in [5.74, 6) is -1.87. The summed E-state index contributed by atoms with van der Waals surface area (Å²) in [6, 6.07) is 3.51. The molecule has 0 aliphatic rings. The average molecular weight is 254 g/mol. The molecule has 5 nitrogen and oxygen atoms in total. The van der Waals surface area contributed by atoms with E-state index in [4.69, 9.17) is 10.8 Å². The quantitative estimate of drug-likeness (QED) is 0.841. The number of hydrogen-bond donors (Lipinski definition) is 2. The lowest BCUT2D eigenvalue weighted by atomic mass is 10.1. The van der Waals surface area contributed by atoms with Gasteiger partial charge in [0.2, 0.25) is 0 Å². The van der Waals surface area contributed by atoms with Crippen LogP contribution in [0.15, 0.2) is 18.2 Å². The molecule has 0 fully saturated rings. The zero-order chi connectivity index (χ0) is 13.1. The highest BCUT2D eigenvalue weighted by molar-refractivity contribution is 5.62. The summed E-state index contributed by atoms with van der Waals surface area (Å²) in [6.07, 6.45) is 0. The molecule has 0 amide bonds. The molecule has 2 aromatic rings. The van der Waals surface area contributed by atoms with Gasteiger partial charge in [-0.3, -0.25) is 0 Å². The molecule has 0 radical (unpaired) electrons. The Kier molecular flexibility index (Phi) is 3.63. The van der Waals surface area contributed by atoms with Crippen molar-refractivity contribution in [1.82, 2.24) is 15.0 Å². The first-order valence-electron chi connectivity index (χ1n) is 5.36. The molecule has 96 valence electrons. The zero-order valence-electron chi connectivity index (χ0n) is 9.48. The Hall–Kier alpha value is -1.86. The number of aliphatic hydroxyl groups is 1. The number of benzene rings is 1. The van der Waals surface area contributed by atoms with Gasteiger partial charge in [0, 0.05) is 12.1 Å². The van der Waals surface area contributed by atoms with Crippen LogP contribution in [0.25, 0.3) is 11.3 Å². The predicted octanol–water partition coefficient (Wildman–Crippen LogP) is 0.674. The summed E-state index contributed by atoms with van der Waals surface area (Å²) in [4.78, 5) is 0. The van der Waals surface area contributed by atoms with Gasteiger partial charge in [0.25, 0.3) is 0 Å². The van der Waals surface area contributed by atoms with Gasteiger partial charge in [-0.15, -0.1) is 5.10 Å². The van der Waals surface area contributed by atoms with Gasteiger partial charge < -0.3 is 10.8 Å². The molecule has 0 aliphatic carbocycles. The van der Waals surface area contributed by atoms with Crippen molar-refractivity contribution in [2.45, 2.75) is 13.1 Å². The topological polar surface area (TPSA) is 77.0 Å². The molecule has 0 unspecified atom stereocenters. The molecule has 0 saturated carbocycles. The van der Waals surface area contributed by atoms with E-state index in [0.717, 1.165) is 12.1 Å². The minimum absolute atomic E-state index is 0.125. The Morgan fingerprint density at radius 3 is 2.67 bits per heavy atom. The Balaban J connectivity index is 2.53. The molecule has 18 heavy (non-hydrogen) atoms. The molecular weight excluding hydrogens is 242 g/mol. The fourth-order valence-electron chi connectivity index (χ4n) is 1.70. The summed E-state index contributed by atoms with van der Waals surface area (Å²) in [6.45, 7) is 0.200. The fourth-order valence-corrected chi connectivity index (χ4v) is 1.70. The minimum atomic E-state index is -0.952. The lowest BCUT2D eigenvalue weighted by molar-refractivity contribution is 0.269. The van der Waals surface area contributed by atoms with Crippen LogP contribution in [0.3, 0.4) is 0 Å². The lowest BCUT2D eigenvalue weighted by Gasteiger charge is -2.06. The summed E-state index contributed by atoms with van der Waals surface area (Å²) < 4.78 is 27.5. The number of aliphatic hydroxyl groups excluding tert-OH is 1. The highest BCUT2D eigenvalue weighted by Gasteiger charge is 2.15. The van der Waals surface area contributed by atoms with Gasteiger partial charge in [-0.1, -0.05) is 5.21 Å². The molecule has 7 heteroatoms. The third-order valence-electron chi connectivity index (χ3n) is 2.50. The summed E-state index contributed by atoms with van der Waals surface area (Å²) in [5, 5.41) is 16.6. The maximum absolute atomic E-state index is 13.2. The van der Waals surface area contributed by atoms with E-state index in [1.165, 1.54) is 10.7 Å². The van der Waals surface area contributed by atoms with Crippen molar-refractivity contribution in [1.29, 1.82) is 0 Å². The SMILES string of the molecule is NCc1nnn(CCO)c1-c1ccc(F)c(F)c1. The van der Waals surface area contributed by atoms with Crippen molar-refractivity contribution in [2.75, 3.05) is 6.61 Å². The van der Waals surface area contributed by atoms with E-state index < -0.39 is 11.6 Å². The van der Waals surface area contributed by atoms with Gasteiger partial charge in [0.05, 0.1) is 18.8 Å². The van der Waals surface area contributed by atoms with Crippen molar-refractivity contribution in [2.24, 2.45) is 5.73 Å². The molecule has 0 saturated heterocycles. The summed E-state index contributed by atoms with van der Waals surface area (Å²) in [7, 11) is 0. The first kappa shape index (κ1) is 12.6. The van der Waals surface area contributed by atoms with E-state index in [2.05, 4.69) is 10.3 Å². The van der Waals surface area contributed by atoms with Crippen LogP contribution in [0.1, 0.15) is 5.69 Å². The fraction of sp³-hybridized carbons (Fsp3) is 0.273. The lowest BCUT2D eigenvalue weighted by Crippen LogP contribution is -2.07. The van der Waals surface area contributed by atoms with Crippen molar-refractivity contribution in [3.8, 4) is 11.3 Å². The molecule has 0 spiro atoms. The van der Waals surface area contributed by atoms with E-state index >= 15 is 0 Å². The highest BCUT2D eigenvalue weighted by Crippen LogP contribution is 2.23. The molecule has 3 N–H and O–H groups in total. The van der Waals surface area contributed by atoms with Crippen molar-refractivity contribution < 1.29 is 13.9 Å². The third kappa shape index (κ3) is 2.22. The van der Waals surface area contributed by atoms with Crippen LogP contribution in [0.4, 0.5) is 8.78 Å². The summed E-state index contributed by atoms with van der Waals surface area (Å²) in [5.41, 5.74) is 6.90. The van der Waals surface area contributed by atoms with Gasteiger partial charge >= 0.3 is 0 Å². The van der Waals surface area contributed by atoms with E-state index in [0.29, 0.717) is 17.0 Å². The van der Waals surface area contributed by atoms with Crippen LogP contribution in [0.5, 0.6) is 0 Å². The van der Waals surface area contributed by atoms with Crippen LogP contribution in [-0.2, 0) is 13.1 Å². The zero-order valence-corrected chi connectivity index (χ0v) is 9.48. The number of rotatable bonds is 4. The second-order valence-electron chi connectivity index (χ2n) is 3.66. The van der Waals surface area contributed by atoms with Gasteiger partial charge in [-0.05, 0) is 18.2 Å². The molecule has 1 aromatic carbocycles. The number of nitrogens with zero attached hydrogens (tertiary/aromatic N) is 3. The highest BCUT2D eigenvalue weighted by atomic mass is 19.2. The average Bonchev–Trinajstić information content (AvgIpc) is 2.76. The second-order valence-corrected chi connectivity index (χ2v) is 3.66. The van der Waals surface area contributed by atoms with Crippen molar-refractivity contribution in [3.63, 3.8) is 0 Å². The van der Waals surface area contributed by atoms with Crippen molar-refractivity contribution >= 4 is 0 Å². The van der Waals surface area contributed by atoms with Gasteiger partial charge in [-0.25, -0.2) is 13.5 Å². The summed E-state index contributed by atoms with van der Waals surface area (Å²) >= 11 is 0. The first-order valence-corrected chi connectivity index (χ1v) is 5.36. The monoisotopic (exact) mass is 254 g/mol. The molecule has 0 aliphatic heterocycles. The second kappa shape index (κ2) is 5.19. The molecule has 2 rings (SSSR count). The number of aromatic nitrogens is 3. The number of hydrogen-bond acceptors (Lipinski definition) is 4. The van der Waals surface area contributed by atoms with Crippen LogP contribution < -0.4 is 5.73 Å². The van der Waals surface area contributed by atoms with Crippen LogP contribution in [-0.4, -0.2) is 26.7 Å². The maximum Gasteiger partial charge on any atom is 0.159 e. The number of nitrogens with two attached hydrogens (primary N) is 1. The Morgan fingerprint density at radius 2 is 2.06 bits per heavy atom. The van der Waals surface area contributed by atoms with E-state index in [-0.39, 0.29) is 19.7 Å². The van der Waals surface area contributed by atoms with E-state index in [1.807, 2.05) is 0 Å². The largest absolute Gasteiger partial charge is 0.394 e. The molecule has 1 aromatic heterocycles. The predicted molar refractivity (Wildman–Crippen MR) is 60.4 cm³/mol. The van der Waals surface area contributed by atoms with E-state index in [1.54, 1.807) is 0 Å².